The van der Waals surface area contributed by atoms with Crippen molar-refractivity contribution in [3.05, 3.63) is 29.3 Å². The second kappa shape index (κ2) is 7.67. The maximum Gasteiger partial charge on any atom is 0.124 e. The van der Waals surface area contributed by atoms with Gasteiger partial charge in [0.25, 0.3) is 0 Å². The summed E-state index contributed by atoms with van der Waals surface area (Å²) in [4.78, 5) is 2.48. The molecule has 0 bridgehead atoms. The molecule has 0 aromatic heterocycles. The second-order valence-corrected chi connectivity index (χ2v) is 8.06. The molecule has 0 amide bonds. The summed E-state index contributed by atoms with van der Waals surface area (Å²) in [5.41, 5.74) is 2.23. The Morgan fingerprint density at radius 3 is 2.70 bits per heavy atom. The first-order valence-corrected chi connectivity index (χ1v) is 8.90. The molecule has 1 aliphatic heterocycles. The molecule has 1 aliphatic rings. The third-order valence-corrected chi connectivity index (χ3v) is 4.91. The fourth-order valence-electron chi connectivity index (χ4n) is 3.41. The minimum absolute atomic E-state index is 0.0725. The quantitative estimate of drug-likeness (QED) is 0.885. The van der Waals surface area contributed by atoms with Crippen LogP contribution in [0.15, 0.2) is 18.2 Å². The second-order valence-electron chi connectivity index (χ2n) is 8.06. The lowest BCUT2D eigenvalue weighted by Gasteiger charge is -2.31. The summed E-state index contributed by atoms with van der Waals surface area (Å²) in [6.07, 6.45) is 2.90. The van der Waals surface area contributed by atoms with Crippen LogP contribution in [-0.4, -0.2) is 36.8 Å². The fraction of sp³-hybridized carbons (Fsp3) is 0.700. The number of likely N-dealkylation sites (tertiary alicyclic amines) is 1. The van der Waals surface area contributed by atoms with Crippen LogP contribution in [0.4, 0.5) is 0 Å². The molecule has 0 aliphatic carbocycles. The molecule has 2 atom stereocenters. The molecule has 1 aromatic carbocycles. The molecule has 3 nitrogen and oxygen atoms in total. The molecule has 23 heavy (non-hydrogen) atoms. The van der Waals surface area contributed by atoms with E-state index in [1.54, 1.807) is 7.11 Å². The Labute approximate surface area is 141 Å². The zero-order valence-corrected chi connectivity index (χ0v) is 15.4. The van der Waals surface area contributed by atoms with Crippen LogP contribution in [0.5, 0.6) is 5.75 Å². The van der Waals surface area contributed by atoms with E-state index in [9.17, 15) is 5.11 Å². The largest absolute Gasteiger partial charge is 0.496 e. The molecule has 2 rings (SSSR count). The molecule has 1 saturated heterocycles. The van der Waals surface area contributed by atoms with E-state index >= 15 is 0 Å². The van der Waals surface area contributed by atoms with Crippen molar-refractivity contribution in [2.45, 2.75) is 58.5 Å². The van der Waals surface area contributed by atoms with Crippen molar-refractivity contribution in [2.24, 2.45) is 5.92 Å². The standard InChI is InChI=1S/C20H33NO2/c1-15-7-6-11-21(14-15)12-10-18(22)17-13-16(20(2,3)4)8-9-19(17)23-5/h8-9,13,15,18,22H,6-7,10-12,14H2,1-5H3. The van der Waals surface area contributed by atoms with E-state index in [2.05, 4.69) is 44.7 Å². The monoisotopic (exact) mass is 319 g/mol. The molecular formula is C20H33NO2. The minimum atomic E-state index is -0.468. The van der Waals surface area contributed by atoms with E-state index in [0.29, 0.717) is 0 Å². The topological polar surface area (TPSA) is 32.7 Å². The van der Waals surface area contributed by atoms with Crippen LogP contribution in [0.1, 0.15) is 64.2 Å². The molecule has 1 N–H and O–H groups in total. The Bertz CT molecular complexity index is 507. The Hall–Kier alpha value is -1.06. The summed E-state index contributed by atoms with van der Waals surface area (Å²) < 4.78 is 5.47. The van der Waals surface area contributed by atoms with Crippen LogP contribution < -0.4 is 4.74 Å². The van der Waals surface area contributed by atoms with E-state index in [0.717, 1.165) is 43.3 Å². The van der Waals surface area contributed by atoms with E-state index < -0.39 is 6.10 Å². The van der Waals surface area contributed by atoms with Gasteiger partial charge in [-0.2, -0.15) is 0 Å². The highest BCUT2D eigenvalue weighted by atomic mass is 16.5. The molecule has 130 valence electrons. The van der Waals surface area contributed by atoms with E-state index in [1.165, 1.54) is 18.4 Å². The molecule has 0 saturated carbocycles. The number of hydrogen-bond acceptors (Lipinski definition) is 3. The maximum absolute atomic E-state index is 10.7. The maximum atomic E-state index is 10.7. The highest BCUT2D eigenvalue weighted by Gasteiger charge is 2.21. The van der Waals surface area contributed by atoms with Gasteiger partial charge in [0.15, 0.2) is 0 Å². The number of hydrogen-bond donors (Lipinski definition) is 1. The number of nitrogens with zero attached hydrogens (tertiary/aromatic N) is 1. The van der Waals surface area contributed by atoms with Gasteiger partial charge >= 0.3 is 0 Å². The first-order valence-electron chi connectivity index (χ1n) is 8.90. The average Bonchev–Trinajstić information content (AvgIpc) is 2.51. The number of ether oxygens (including phenoxy) is 1. The van der Waals surface area contributed by atoms with Crippen molar-refractivity contribution >= 4 is 0 Å². The average molecular weight is 319 g/mol. The Balaban J connectivity index is 2.06. The van der Waals surface area contributed by atoms with Gasteiger partial charge in [-0.1, -0.05) is 33.8 Å². The van der Waals surface area contributed by atoms with Gasteiger partial charge in [0.1, 0.15) is 5.75 Å². The lowest BCUT2D eigenvalue weighted by Crippen LogP contribution is -2.35. The normalized spacial score (nSPS) is 21.2. The molecule has 0 spiro atoms. The molecule has 1 aromatic rings. The van der Waals surface area contributed by atoms with Crippen LogP contribution >= 0.6 is 0 Å². The van der Waals surface area contributed by atoms with Crippen molar-refractivity contribution < 1.29 is 9.84 Å². The molecule has 1 fully saturated rings. The zero-order valence-electron chi connectivity index (χ0n) is 15.4. The third-order valence-electron chi connectivity index (χ3n) is 4.91. The van der Waals surface area contributed by atoms with Crippen LogP contribution in [0.25, 0.3) is 0 Å². The van der Waals surface area contributed by atoms with Crippen molar-refractivity contribution in [2.75, 3.05) is 26.7 Å². The number of aliphatic hydroxyl groups excluding tert-OH is 1. The van der Waals surface area contributed by atoms with Crippen molar-refractivity contribution in [3.8, 4) is 5.75 Å². The van der Waals surface area contributed by atoms with Gasteiger partial charge in [0.05, 0.1) is 13.2 Å². The molecular weight excluding hydrogens is 286 g/mol. The Morgan fingerprint density at radius 2 is 2.09 bits per heavy atom. The van der Waals surface area contributed by atoms with Gasteiger partial charge in [-0.25, -0.2) is 0 Å². The minimum Gasteiger partial charge on any atom is -0.496 e. The number of benzene rings is 1. The molecule has 2 unspecified atom stereocenters. The summed E-state index contributed by atoms with van der Waals surface area (Å²) in [6, 6.07) is 6.20. The zero-order chi connectivity index (χ0) is 17.0. The SMILES string of the molecule is COc1ccc(C(C)(C)C)cc1C(O)CCN1CCCC(C)C1. The van der Waals surface area contributed by atoms with Gasteiger partial charge in [-0.15, -0.1) is 0 Å². The van der Waals surface area contributed by atoms with Crippen LogP contribution in [0.3, 0.4) is 0 Å². The summed E-state index contributed by atoms with van der Waals surface area (Å²) in [5.74, 6) is 1.57. The summed E-state index contributed by atoms with van der Waals surface area (Å²) >= 11 is 0. The van der Waals surface area contributed by atoms with Gasteiger partial charge in [0, 0.05) is 18.7 Å². The number of piperidine rings is 1. The summed E-state index contributed by atoms with van der Waals surface area (Å²) in [7, 11) is 1.68. The fourth-order valence-corrected chi connectivity index (χ4v) is 3.41. The van der Waals surface area contributed by atoms with Crippen molar-refractivity contribution in [1.29, 1.82) is 0 Å². The predicted molar refractivity (Wildman–Crippen MR) is 96.1 cm³/mol. The molecule has 0 radical (unpaired) electrons. The van der Waals surface area contributed by atoms with Gasteiger partial charge in [-0.05, 0) is 54.8 Å². The number of rotatable bonds is 5. The van der Waals surface area contributed by atoms with Crippen molar-refractivity contribution in [3.63, 3.8) is 0 Å². The number of methoxy groups -OCH3 is 1. The van der Waals surface area contributed by atoms with Gasteiger partial charge in [0.2, 0.25) is 0 Å². The van der Waals surface area contributed by atoms with Crippen LogP contribution in [0, 0.1) is 5.92 Å². The molecule has 3 heteroatoms. The molecule has 1 heterocycles. The first kappa shape index (κ1) is 18.3. The lowest BCUT2D eigenvalue weighted by atomic mass is 9.85. The predicted octanol–water partition coefficient (Wildman–Crippen LogP) is 4.15. The van der Waals surface area contributed by atoms with Crippen molar-refractivity contribution in [1.82, 2.24) is 4.90 Å². The van der Waals surface area contributed by atoms with E-state index in [-0.39, 0.29) is 5.41 Å². The van der Waals surface area contributed by atoms with Crippen LogP contribution in [0.2, 0.25) is 0 Å². The summed E-state index contributed by atoms with van der Waals surface area (Å²) in [6.45, 7) is 12.2. The van der Waals surface area contributed by atoms with E-state index in [1.807, 2.05) is 6.07 Å². The van der Waals surface area contributed by atoms with Gasteiger partial charge in [-0.3, -0.25) is 0 Å². The lowest BCUT2D eigenvalue weighted by molar-refractivity contribution is 0.120. The van der Waals surface area contributed by atoms with Crippen LogP contribution in [-0.2, 0) is 5.41 Å². The number of aliphatic hydroxyl groups is 1. The summed E-state index contributed by atoms with van der Waals surface area (Å²) in [5, 5.41) is 10.7. The Morgan fingerprint density at radius 1 is 1.35 bits per heavy atom. The smallest absolute Gasteiger partial charge is 0.124 e. The highest BCUT2D eigenvalue weighted by molar-refractivity contribution is 5.41. The third kappa shape index (κ3) is 4.95. The highest BCUT2D eigenvalue weighted by Crippen LogP contribution is 2.33. The van der Waals surface area contributed by atoms with Gasteiger partial charge < -0.3 is 14.7 Å². The Kier molecular flexibility index (Phi) is 6.10. The van der Waals surface area contributed by atoms with E-state index in [4.69, 9.17) is 4.74 Å². The first-order chi connectivity index (χ1) is 10.8.